The fraction of sp³-hybridized carbons (Fsp3) is 0.417. The van der Waals surface area contributed by atoms with Gasteiger partial charge in [0.15, 0.2) is 0 Å². The second kappa shape index (κ2) is 11.1. The zero-order valence-corrected chi connectivity index (χ0v) is 19.1. The largest absolute Gasteiger partial charge is 0.489 e. The monoisotopic (exact) mass is 441 g/mol. The van der Waals surface area contributed by atoms with Crippen LogP contribution in [-0.2, 0) is 6.61 Å². The topological polar surface area (TPSA) is 147 Å². The standard InChI is InChI=1S/C23H28N4O2.CH4O.H3N/c1-14-12-17(22(24)16-8-9-16)10-11-21(14)29-13-19-18(15-6-7-15)4-3-5-20(19)26-23(28)27(2)25;1-2;/h3-5,10-12,15-16,24H,6-9,13,25H2,1-2H3,(H,26,28);2H,1H3;1H3. The molecule has 4 rings (SSSR count). The van der Waals surface area contributed by atoms with Crippen molar-refractivity contribution >= 4 is 17.4 Å². The van der Waals surface area contributed by atoms with Gasteiger partial charge in [0, 0.05) is 37.0 Å². The van der Waals surface area contributed by atoms with Gasteiger partial charge in [-0.2, -0.15) is 0 Å². The molecule has 2 fully saturated rings. The van der Waals surface area contributed by atoms with E-state index in [2.05, 4.69) is 11.4 Å². The van der Waals surface area contributed by atoms with Gasteiger partial charge in [-0.25, -0.2) is 10.6 Å². The summed E-state index contributed by atoms with van der Waals surface area (Å²) in [4.78, 5) is 12.1. The maximum Gasteiger partial charge on any atom is 0.335 e. The Balaban J connectivity index is 0.00000118. The van der Waals surface area contributed by atoms with Gasteiger partial charge in [0.05, 0.1) is 0 Å². The second-order valence-corrected chi connectivity index (χ2v) is 8.15. The predicted molar refractivity (Wildman–Crippen MR) is 128 cm³/mol. The lowest BCUT2D eigenvalue weighted by Crippen LogP contribution is -2.37. The van der Waals surface area contributed by atoms with Crippen LogP contribution < -0.4 is 22.0 Å². The smallest absolute Gasteiger partial charge is 0.335 e. The number of anilines is 1. The fourth-order valence-electron chi connectivity index (χ4n) is 3.60. The highest BCUT2D eigenvalue weighted by molar-refractivity contribution is 6.01. The molecular weight excluding hydrogens is 406 g/mol. The molecule has 2 amide bonds. The van der Waals surface area contributed by atoms with Crippen LogP contribution in [0, 0.1) is 18.3 Å². The van der Waals surface area contributed by atoms with Gasteiger partial charge < -0.3 is 26.7 Å². The minimum atomic E-state index is -0.363. The van der Waals surface area contributed by atoms with Crippen LogP contribution in [0.3, 0.4) is 0 Å². The zero-order chi connectivity index (χ0) is 22.5. The highest BCUT2D eigenvalue weighted by Crippen LogP contribution is 2.43. The number of benzene rings is 2. The SMILES string of the molecule is CO.Cc1cc(C(=N)C2CC2)ccc1OCc1c(NC(=O)N(C)N)cccc1C1CC1.N. The molecular formula is C24H35N5O3. The molecule has 0 saturated heterocycles. The Hall–Kier alpha value is -2.94. The number of carbonyl (C=O) groups excluding carboxylic acids is 1. The molecule has 0 radical (unpaired) electrons. The molecule has 8 nitrogen and oxygen atoms in total. The normalized spacial score (nSPS) is 14.4. The summed E-state index contributed by atoms with van der Waals surface area (Å²) in [6, 6.07) is 11.6. The van der Waals surface area contributed by atoms with E-state index in [4.69, 9.17) is 21.1 Å². The summed E-state index contributed by atoms with van der Waals surface area (Å²) >= 11 is 0. The summed E-state index contributed by atoms with van der Waals surface area (Å²) in [6.45, 7) is 2.38. The first-order valence-corrected chi connectivity index (χ1v) is 10.6. The lowest BCUT2D eigenvalue weighted by molar-refractivity contribution is 0.223. The van der Waals surface area contributed by atoms with E-state index in [9.17, 15) is 4.79 Å². The van der Waals surface area contributed by atoms with Crippen molar-refractivity contribution in [2.75, 3.05) is 19.5 Å². The summed E-state index contributed by atoms with van der Waals surface area (Å²) < 4.78 is 6.17. The Bertz CT molecular complexity index is 953. The number of hydrazine groups is 1. The van der Waals surface area contributed by atoms with E-state index in [-0.39, 0.29) is 12.2 Å². The van der Waals surface area contributed by atoms with E-state index in [0.29, 0.717) is 18.4 Å². The molecule has 0 unspecified atom stereocenters. The number of hydrogen-bond acceptors (Lipinski definition) is 6. The Morgan fingerprint density at radius 3 is 2.47 bits per heavy atom. The first-order chi connectivity index (χ1) is 14.9. The zero-order valence-electron chi connectivity index (χ0n) is 19.1. The lowest BCUT2D eigenvalue weighted by Gasteiger charge is -2.19. The maximum atomic E-state index is 12.1. The predicted octanol–water partition coefficient (Wildman–Crippen LogP) is 4.34. The average Bonchev–Trinajstić information content (AvgIpc) is 3.66. The van der Waals surface area contributed by atoms with Crippen molar-refractivity contribution in [3.8, 4) is 5.75 Å². The van der Waals surface area contributed by atoms with Gasteiger partial charge in [-0.1, -0.05) is 12.1 Å². The Morgan fingerprint density at radius 1 is 1.22 bits per heavy atom. The van der Waals surface area contributed by atoms with Gasteiger partial charge in [-0.3, -0.25) is 5.01 Å². The van der Waals surface area contributed by atoms with Gasteiger partial charge in [0.1, 0.15) is 12.4 Å². The van der Waals surface area contributed by atoms with Gasteiger partial charge in [0.2, 0.25) is 0 Å². The van der Waals surface area contributed by atoms with E-state index in [0.717, 1.165) is 71.6 Å². The van der Waals surface area contributed by atoms with Gasteiger partial charge in [-0.15, -0.1) is 0 Å². The van der Waals surface area contributed by atoms with Crippen molar-refractivity contribution in [3.63, 3.8) is 0 Å². The van der Waals surface area contributed by atoms with Crippen molar-refractivity contribution in [1.82, 2.24) is 11.2 Å². The number of ether oxygens (including phenoxy) is 1. The minimum Gasteiger partial charge on any atom is -0.489 e. The molecule has 2 aliphatic carbocycles. The van der Waals surface area contributed by atoms with E-state index < -0.39 is 0 Å². The fourth-order valence-corrected chi connectivity index (χ4v) is 3.60. The molecule has 2 aromatic carbocycles. The number of aliphatic hydroxyl groups excluding tert-OH is 1. The molecule has 0 atom stereocenters. The minimum absolute atomic E-state index is 0. The third kappa shape index (κ3) is 6.06. The van der Waals surface area contributed by atoms with Crippen LogP contribution in [0.1, 0.15) is 53.9 Å². The molecule has 174 valence electrons. The quantitative estimate of drug-likeness (QED) is 0.188. The van der Waals surface area contributed by atoms with Crippen LogP contribution in [0.5, 0.6) is 5.75 Å². The van der Waals surface area contributed by atoms with Crippen molar-refractivity contribution in [2.45, 2.75) is 45.1 Å². The molecule has 8 heteroatoms. The van der Waals surface area contributed by atoms with Crippen LogP contribution in [0.2, 0.25) is 0 Å². The summed E-state index contributed by atoms with van der Waals surface area (Å²) in [5.41, 5.74) is 5.70. The molecule has 32 heavy (non-hydrogen) atoms. The van der Waals surface area contributed by atoms with Crippen LogP contribution in [0.25, 0.3) is 0 Å². The van der Waals surface area contributed by atoms with Gasteiger partial charge >= 0.3 is 6.03 Å². The Kier molecular flexibility index (Phi) is 8.77. The molecule has 0 bridgehead atoms. The number of nitrogens with zero attached hydrogens (tertiary/aromatic N) is 1. The number of urea groups is 1. The number of amides is 2. The van der Waals surface area contributed by atoms with E-state index in [1.54, 1.807) is 0 Å². The summed E-state index contributed by atoms with van der Waals surface area (Å²) in [5.74, 6) is 7.33. The first kappa shape index (κ1) is 25.3. The van der Waals surface area contributed by atoms with Crippen molar-refractivity contribution in [2.24, 2.45) is 11.8 Å². The molecule has 0 aromatic heterocycles. The van der Waals surface area contributed by atoms with E-state index >= 15 is 0 Å². The highest BCUT2D eigenvalue weighted by atomic mass is 16.5. The third-order valence-corrected chi connectivity index (χ3v) is 5.63. The van der Waals surface area contributed by atoms with Crippen LogP contribution >= 0.6 is 0 Å². The van der Waals surface area contributed by atoms with Crippen LogP contribution in [0.4, 0.5) is 10.5 Å². The molecule has 2 aromatic rings. The number of carbonyl (C=O) groups is 1. The Labute approximate surface area is 189 Å². The highest BCUT2D eigenvalue weighted by Gasteiger charge is 2.28. The molecule has 0 spiro atoms. The number of aliphatic hydroxyl groups is 1. The van der Waals surface area contributed by atoms with Gasteiger partial charge in [-0.05, 0) is 79.5 Å². The van der Waals surface area contributed by atoms with Crippen molar-refractivity contribution in [3.05, 3.63) is 58.7 Å². The van der Waals surface area contributed by atoms with Crippen molar-refractivity contribution in [1.29, 1.82) is 5.41 Å². The van der Waals surface area contributed by atoms with E-state index in [1.165, 1.54) is 12.6 Å². The number of aryl methyl sites for hydroxylation is 1. The second-order valence-electron chi connectivity index (χ2n) is 8.15. The maximum absolute atomic E-state index is 12.1. The lowest BCUT2D eigenvalue weighted by atomic mass is 10.0. The molecule has 0 aliphatic heterocycles. The van der Waals surface area contributed by atoms with E-state index in [1.807, 2.05) is 37.3 Å². The summed E-state index contributed by atoms with van der Waals surface area (Å²) in [6.07, 6.45) is 4.58. The Morgan fingerprint density at radius 2 is 1.91 bits per heavy atom. The average molecular weight is 442 g/mol. The number of nitrogens with two attached hydrogens (primary N) is 1. The molecule has 2 aliphatic rings. The molecule has 2 saturated carbocycles. The summed E-state index contributed by atoms with van der Waals surface area (Å²) in [7, 11) is 2.51. The van der Waals surface area contributed by atoms with Crippen LogP contribution in [0.15, 0.2) is 36.4 Å². The first-order valence-electron chi connectivity index (χ1n) is 10.6. The number of hydrogen-bond donors (Lipinski definition) is 5. The van der Waals surface area contributed by atoms with Crippen molar-refractivity contribution < 1.29 is 14.6 Å². The summed E-state index contributed by atoms with van der Waals surface area (Å²) in [5, 5.41) is 19.2. The number of nitrogens with one attached hydrogen (secondary N) is 2. The molecule has 8 N–H and O–H groups in total. The van der Waals surface area contributed by atoms with Gasteiger partial charge in [0.25, 0.3) is 0 Å². The third-order valence-electron chi connectivity index (χ3n) is 5.63. The van der Waals surface area contributed by atoms with Crippen LogP contribution in [-0.4, -0.2) is 36.0 Å². The number of rotatable bonds is 7. The molecule has 0 heterocycles.